The molecule has 1 amide bonds. The van der Waals surface area contributed by atoms with E-state index in [0.29, 0.717) is 6.61 Å². The lowest BCUT2D eigenvalue weighted by molar-refractivity contribution is -0.148. The highest BCUT2D eigenvalue weighted by atomic mass is 16.5. The van der Waals surface area contributed by atoms with E-state index in [2.05, 4.69) is 0 Å². The molecule has 1 unspecified atom stereocenters. The van der Waals surface area contributed by atoms with E-state index in [1.54, 1.807) is 14.0 Å². The number of carbonyl (C=O) groups is 2. The topological polar surface area (TPSA) is 46.6 Å². The van der Waals surface area contributed by atoms with E-state index >= 15 is 0 Å². The number of hydrogen-bond donors (Lipinski definition) is 0. The van der Waals surface area contributed by atoms with Crippen molar-refractivity contribution in [2.75, 3.05) is 20.2 Å². The third kappa shape index (κ3) is 6.09. The summed E-state index contributed by atoms with van der Waals surface area (Å²) in [4.78, 5) is 24.7. The fourth-order valence-corrected chi connectivity index (χ4v) is 1.45. The molecular formula is C13H23NO3. The number of hydrogen-bond acceptors (Lipinski definition) is 3. The maximum atomic E-state index is 12.0. The van der Waals surface area contributed by atoms with E-state index < -0.39 is 0 Å². The Hall–Kier alpha value is -1.32. The average molecular weight is 241 g/mol. The van der Waals surface area contributed by atoms with Crippen LogP contribution in [0, 0.1) is 5.92 Å². The quantitative estimate of drug-likeness (QED) is 0.506. The van der Waals surface area contributed by atoms with Crippen molar-refractivity contribution in [3.63, 3.8) is 0 Å². The lowest BCUT2D eigenvalue weighted by Crippen LogP contribution is -2.36. The lowest BCUT2D eigenvalue weighted by atomic mass is 10.0. The first-order valence-electron chi connectivity index (χ1n) is 6.13. The maximum Gasteiger partial charge on any atom is 0.325 e. The molecule has 17 heavy (non-hydrogen) atoms. The Morgan fingerprint density at radius 2 is 1.94 bits per heavy atom. The summed E-state index contributed by atoms with van der Waals surface area (Å²) in [6, 6.07) is 0. The van der Waals surface area contributed by atoms with Crippen LogP contribution in [0.2, 0.25) is 0 Å². The Bertz CT molecular complexity index is 274. The molecule has 0 spiro atoms. The van der Waals surface area contributed by atoms with Gasteiger partial charge in [-0.2, -0.15) is 0 Å². The van der Waals surface area contributed by atoms with Crippen LogP contribution >= 0.6 is 0 Å². The molecule has 98 valence electrons. The van der Waals surface area contributed by atoms with Crippen molar-refractivity contribution in [3.8, 4) is 0 Å². The van der Waals surface area contributed by atoms with Crippen molar-refractivity contribution in [2.24, 2.45) is 5.92 Å². The Morgan fingerprint density at radius 1 is 1.29 bits per heavy atom. The molecule has 0 aliphatic carbocycles. The van der Waals surface area contributed by atoms with Crippen molar-refractivity contribution in [3.05, 3.63) is 12.2 Å². The Labute approximate surface area is 104 Å². The standard InChI is InChI=1S/C13H23NO3/c1-5-8-9-11(6-2)13(16)14(4)10-12(15)17-7-3/h8-9,11H,5-7,10H2,1-4H3. The van der Waals surface area contributed by atoms with Gasteiger partial charge in [-0.25, -0.2) is 0 Å². The molecule has 0 saturated carbocycles. The smallest absolute Gasteiger partial charge is 0.325 e. The molecule has 0 rings (SSSR count). The Morgan fingerprint density at radius 3 is 2.41 bits per heavy atom. The number of allylic oxidation sites excluding steroid dienone is 1. The minimum absolute atomic E-state index is 0.0170. The van der Waals surface area contributed by atoms with Crippen LogP contribution in [0.1, 0.15) is 33.6 Å². The molecule has 0 aromatic carbocycles. The van der Waals surface area contributed by atoms with Crippen LogP contribution in [-0.4, -0.2) is 37.0 Å². The van der Waals surface area contributed by atoms with Crippen LogP contribution in [-0.2, 0) is 14.3 Å². The molecule has 0 N–H and O–H groups in total. The van der Waals surface area contributed by atoms with Crippen molar-refractivity contribution in [1.29, 1.82) is 0 Å². The van der Waals surface area contributed by atoms with Gasteiger partial charge in [0.2, 0.25) is 5.91 Å². The highest BCUT2D eigenvalue weighted by Crippen LogP contribution is 2.09. The van der Waals surface area contributed by atoms with Gasteiger partial charge in [-0.3, -0.25) is 9.59 Å². The lowest BCUT2D eigenvalue weighted by Gasteiger charge is -2.20. The predicted molar refractivity (Wildman–Crippen MR) is 67.5 cm³/mol. The van der Waals surface area contributed by atoms with Gasteiger partial charge in [0, 0.05) is 7.05 Å². The largest absolute Gasteiger partial charge is 0.465 e. The molecule has 0 radical (unpaired) electrons. The molecule has 0 aliphatic heterocycles. The van der Waals surface area contributed by atoms with Gasteiger partial charge < -0.3 is 9.64 Å². The molecule has 4 nitrogen and oxygen atoms in total. The van der Waals surface area contributed by atoms with Gasteiger partial charge in [0.1, 0.15) is 6.54 Å². The number of amides is 1. The normalized spacial score (nSPS) is 12.5. The molecule has 1 atom stereocenters. The van der Waals surface area contributed by atoms with Crippen molar-refractivity contribution in [2.45, 2.75) is 33.6 Å². The van der Waals surface area contributed by atoms with Crippen LogP contribution in [0.25, 0.3) is 0 Å². The summed E-state index contributed by atoms with van der Waals surface area (Å²) in [5.41, 5.74) is 0. The molecule has 0 fully saturated rings. The summed E-state index contributed by atoms with van der Waals surface area (Å²) in [7, 11) is 1.63. The fourth-order valence-electron chi connectivity index (χ4n) is 1.45. The molecule has 0 heterocycles. The first-order valence-corrected chi connectivity index (χ1v) is 6.13. The zero-order valence-corrected chi connectivity index (χ0v) is 11.2. The van der Waals surface area contributed by atoms with E-state index in [0.717, 1.165) is 12.8 Å². The summed E-state index contributed by atoms with van der Waals surface area (Å²) >= 11 is 0. The molecule has 0 aromatic heterocycles. The monoisotopic (exact) mass is 241 g/mol. The van der Waals surface area contributed by atoms with Gasteiger partial charge in [0.05, 0.1) is 12.5 Å². The number of esters is 1. The summed E-state index contributed by atoms with van der Waals surface area (Å²) in [6.45, 7) is 6.09. The number of nitrogens with zero attached hydrogens (tertiary/aromatic N) is 1. The molecular weight excluding hydrogens is 218 g/mol. The van der Waals surface area contributed by atoms with Gasteiger partial charge in [-0.1, -0.05) is 26.0 Å². The summed E-state index contributed by atoms with van der Waals surface area (Å²) in [6.07, 6.45) is 5.53. The van der Waals surface area contributed by atoms with Crippen LogP contribution in [0.15, 0.2) is 12.2 Å². The number of rotatable bonds is 7. The number of likely N-dealkylation sites (N-methyl/N-ethyl adjacent to an activating group) is 1. The number of ether oxygens (including phenoxy) is 1. The SMILES string of the molecule is CCC=CC(CC)C(=O)N(C)CC(=O)OCC. The van der Waals surface area contributed by atoms with Crippen LogP contribution in [0.3, 0.4) is 0 Å². The van der Waals surface area contributed by atoms with Crippen molar-refractivity contribution in [1.82, 2.24) is 4.90 Å². The molecule has 0 aliphatic rings. The Balaban J connectivity index is 4.35. The summed E-state index contributed by atoms with van der Waals surface area (Å²) in [5, 5.41) is 0. The van der Waals surface area contributed by atoms with E-state index in [9.17, 15) is 9.59 Å². The maximum absolute atomic E-state index is 12.0. The van der Waals surface area contributed by atoms with Gasteiger partial charge in [-0.15, -0.1) is 0 Å². The minimum atomic E-state index is -0.363. The third-order valence-corrected chi connectivity index (χ3v) is 2.41. The second kappa shape index (κ2) is 8.79. The minimum Gasteiger partial charge on any atom is -0.465 e. The van der Waals surface area contributed by atoms with Gasteiger partial charge in [-0.05, 0) is 19.8 Å². The van der Waals surface area contributed by atoms with Crippen molar-refractivity contribution < 1.29 is 14.3 Å². The highest BCUT2D eigenvalue weighted by Gasteiger charge is 2.19. The number of carbonyl (C=O) groups excluding carboxylic acids is 2. The molecule has 0 aromatic rings. The van der Waals surface area contributed by atoms with E-state index in [1.165, 1.54) is 4.90 Å². The first kappa shape index (κ1) is 15.7. The summed E-state index contributed by atoms with van der Waals surface area (Å²) in [5.74, 6) is -0.544. The second-order valence-electron chi connectivity index (χ2n) is 3.85. The van der Waals surface area contributed by atoms with Crippen molar-refractivity contribution >= 4 is 11.9 Å². The van der Waals surface area contributed by atoms with Crippen LogP contribution in [0.4, 0.5) is 0 Å². The van der Waals surface area contributed by atoms with Crippen LogP contribution < -0.4 is 0 Å². The van der Waals surface area contributed by atoms with Gasteiger partial charge in [0.15, 0.2) is 0 Å². The fraction of sp³-hybridized carbons (Fsp3) is 0.692. The van der Waals surface area contributed by atoms with Gasteiger partial charge >= 0.3 is 5.97 Å². The van der Waals surface area contributed by atoms with E-state index in [-0.39, 0.29) is 24.3 Å². The molecule has 4 heteroatoms. The average Bonchev–Trinajstić information content (AvgIpc) is 2.29. The molecule has 0 bridgehead atoms. The van der Waals surface area contributed by atoms with Gasteiger partial charge in [0.25, 0.3) is 0 Å². The predicted octanol–water partition coefficient (Wildman–Crippen LogP) is 2.00. The first-order chi connectivity index (χ1) is 8.06. The highest BCUT2D eigenvalue weighted by molar-refractivity contribution is 5.84. The Kier molecular flexibility index (Phi) is 8.11. The van der Waals surface area contributed by atoms with E-state index in [4.69, 9.17) is 4.74 Å². The van der Waals surface area contributed by atoms with E-state index in [1.807, 2.05) is 26.0 Å². The second-order valence-corrected chi connectivity index (χ2v) is 3.85. The third-order valence-electron chi connectivity index (χ3n) is 2.41. The zero-order chi connectivity index (χ0) is 13.3. The summed E-state index contributed by atoms with van der Waals surface area (Å²) < 4.78 is 4.81. The van der Waals surface area contributed by atoms with Crippen LogP contribution in [0.5, 0.6) is 0 Å². The zero-order valence-electron chi connectivity index (χ0n) is 11.2. The molecule has 0 saturated heterocycles.